The molecule has 1 fully saturated rings. The van der Waals surface area contributed by atoms with Gasteiger partial charge in [-0.3, -0.25) is 4.79 Å². The first-order chi connectivity index (χ1) is 8.61. The number of hydrogen-bond donors (Lipinski definition) is 1. The van der Waals surface area contributed by atoms with Crippen molar-refractivity contribution in [3.05, 3.63) is 34.1 Å². The van der Waals surface area contributed by atoms with Crippen LogP contribution in [0.4, 0.5) is 4.39 Å². The number of amides is 1. The summed E-state index contributed by atoms with van der Waals surface area (Å²) in [6.07, 6.45) is -0.286. The van der Waals surface area contributed by atoms with Gasteiger partial charge in [-0.2, -0.15) is 0 Å². The summed E-state index contributed by atoms with van der Waals surface area (Å²) in [5.41, 5.74) is 0.804. The molecule has 0 radical (unpaired) electrons. The summed E-state index contributed by atoms with van der Waals surface area (Å²) in [4.78, 5) is 13.0. The zero-order valence-electron chi connectivity index (χ0n) is 9.60. The van der Waals surface area contributed by atoms with Gasteiger partial charge in [-0.15, -0.1) is 0 Å². The summed E-state index contributed by atoms with van der Waals surface area (Å²) in [6, 6.07) is 4.64. The van der Waals surface area contributed by atoms with Crippen molar-refractivity contribution in [2.75, 3.05) is 26.3 Å². The van der Waals surface area contributed by atoms with Crippen molar-refractivity contribution >= 4 is 21.8 Å². The molecule has 1 unspecified atom stereocenters. The average Bonchev–Trinajstić information content (AvgIpc) is 2.41. The second-order valence-electron chi connectivity index (χ2n) is 4.03. The Balaban J connectivity index is 2.13. The molecule has 98 valence electrons. The first-order valence-corrected chi connectivity index (χ1v) is 6.36. The Labute approximate surface area is 112 Å². The minimum Gasteiger partial charge on any atom is -0.387 e. The molecular weight excluding hydrogens is 305 g/mol. The summed E-state index contributed by atoms with van der Waals surface area (Å²) < 4.78 is 19.1. The van der Waals surface area contributed by atoms with Crippen LogP contribution < -0.4 is 0 Å². The van der Waals surface area contributed by atoms with E-state index in [9.17, 15) is 9.18 Å². The van der Waals surface area contributed by atoms with Crippen molar-refractivity contribution in [1.82, 2.24) is 4.90 Å². The maximum absolute atomic E-state index is 13.1. The van der Waals surface area contributed by atoms with Crippen LogP contribution in [0.2, 0.25) is 0 Å². The fraction of sp³-hybridized carbons (Fsp3) is 0.417. The van der Waals surface area contributed by atoms with Crippen molar-refractivity contribution < 1.29 is 19.0 Å². The molecule has 6 heteroatoms. The van der Waals surface area contributed by atoms with E-state index in [2.05, 4.69) is 15.9 Å². The van der Waals surface area contributed by atoms with Crippen LogP contribution in [0.15, 0.2) is 22.7 Å². The third kappa shape index (κ3) is 2.88. The average molecular weight is 318 g/mol. The molecule has 1 aliphatic rings. The zero-order valence-corrected chi connectivity index (χ0v) is 11.2. The van der Waals surface area contributed by atoms with Crippen LogP contribution in [0.1, 0.15) is 11.7 Å². The number of carbonyl (C=O) groups is 1. The van der Waals surface area contributed by atoms with Crippen molar-refractivity contribution in [2.24, 2.45) is 0 Å². The first-order valence-electron chi connectivity index (χ1n) is 5.57. The molecule has 0 aromatic heterocycles. The van der Waals surface area contributed by atoms with Crippen LogP contribution in [0, 0.1) is 5.82 Å². The van der Waals surface area contributed by atoms with Gasteiger partial charge in [0.15, 0.2) is 0 Å². The first kappa shape index (κ1) is 13.5. The monoisotopic (exact) mass is 317 g/mol. The standard InChI is InChI=1S/C12H13BrFNO3/c13-9-5-8(1-2-10(9)14)11-6-15(3-4-18-11)12(17)7-16/h1-2,5,11,16H,3-4,6-7H2. The maximum Gasteiger partial charge on any atom is 0.248 e. The number of nitrogens with zero attached hydrogens (tertiary/aromatic N) is 1. The number of aliphatic hydroxyl groups excluding tert-OH is 1. The van der Waals surface area contributed by atoms with Crippen LogP contribution in [0.25, 0.3) is 0 Å². The minimum atomic E-state index is -0.500. The molecule has 0 bridgehead atoms. The largest absolute Gasteiger partial charge is 0.387 e. The molecule has 1 aromatic rings. The molecule has 1 aliphatic heterocycles. The number of ether oxygens (including phenoxy) is 1. The third-order valence-electron chi connectivity index (χ3n) is 2.87. The summed E-state index contributed by atoms with van der Waals surface area (Å²) in [5.74, 6) is -0.651. The summed E-state index contributed by atoms with van der Waals surface area (Å²) in [7, 11) is 0. The third-order valence-corrected chi connectivity index (χ3v) is 3.48. The van der Waals surface area contributed by atoms with Gasteiger partial charge in [-0.1, -0.05) is 6.07 Å². The molecule has 0 saturated carbocycles. The van der Waals surface area contributed by atoms with Gasteiger partial charge in [-0.05, 0) is 33.6 Å². The Morgan fingerprint density at radius 2 is 2.39 bits per heavy atom. The van der Waals surface area contributed by atoms with Crippen molar-refractivity contribution in [2.45, 2.75) is 6.10 Å². The van der Waals surface area contributed by atoms with Crippen LogP contribution in [-0.4, -0.2) is 42.2 Å². The van der Waals surface area contributed by atoms with E-state index < -0.39 is 6.61 Å². The molecular formula is C12H13BrFNO3. The summed E-state index contributed by atoms with van der Waals surface area (Å²) >= 11 is 3.12. The van der Waals surface area contributed by atoms with E-state index in [-0.39, 0.29) is 17.8 Å². The number of morpholine rings is 1. The highest BCUT2D eigenvalue weighted by atomic mass is 79.9. The lowest BCUT2D eigenvalue weighted by Crippen LogP contribution is -2.43. The van der Waals surface area contributed by atoms with Gasteiger partial charge in [0.25, 0.3) is 0 Å². The highest BCUT2D eigenvalue weighted by molar-refractivity contribution is 9.10. The SMILES string of the molecule is O=C(CO)N1CCOC(c2ccc(F)c(Br)c2)C1. The van der Waals surface area contributed by atoms with Gasteiger partial charge in [0, 0.05) is 6.54 Å². The molecule has 0 aliphatic carbocycles. The van der Waals surface area contributed by atoms with Gasteiger partial charge in [0.05, 0.1) is 17.6 Å². The van der Waals surface area contributed by atoms with E-state index >= 15 is 0 Å². The molecule has 1 saturated heterocycles. The lowest BCUT2D eigenvalue weighted by molar-refractivity contribution is -0.141. The van der Waals surface area contributed by atoms with Crippen LogP contribution >= 0.6 is 15.9 Å². The number of halogens is 2. The highest BCUT2D eigenvalue weighted by Crippen LogP contribution is 2.26. The predicted molar refractivity (Wildman–Crippen MR) is 66.5 cm³/mol. The Morgan fingerprint density at radius 3 is 3.06 bits per heavy atom. The fourth-order valence-electron chi connectivity index (χ4n) is 1.89. The number of aliphatic hydroxyl groups is 1. The Morgan fingerprint density at radius 1 is 1.61 bits per heavy atom. The second kappa shape index (κ2) is 5.77. The van der Waals surface area contributed by atoms with E-state index in [1.807, 2.05) is 0 Å². The molecule has 1 aromatic carbocycles. The summed E-state index contributed by atoms with van der Waals surface area (Å²) in [6.45, 7) is 0.751. The normalized spacial score (nSPS) is 19.9. The van der Waals surface area contributed by atoms with Gasteiger partial charge in [0.2, 0.25) is 5.91 Å². The molecule has 1 heterocycles. The van der Waals surface area contributed by atoms with E-state index in [0.717, 1.165) is 5.56 Å². The lowest BCUT2D eigenvalue weighted by Gasteiger charge is -2.32. The molecule has 1 N–H and O–H groups in total. The van der Waals surface area contributed by atoms with Crippen LogP contribution in [-0.2, 0) is 9.53 Å². The molecule has 0 spiro atoms. The van der Waals surface area contributed by atoms with Crippen LogP contribution in [0.5, 0.6) is 0 Å². The molecule has 4 nitrogen and oxygen atoms in total. The maximum atomic E-state index is 13.1. The molecule has 1 atom stereocenters. The molecule has 1 amide bonds. The summed E-state index contributed by atoms with van der Waals surface area (Å²) in [5, 5.41) is 8.84. The number of carbonyl (C=O) groups excluding carboxylic acids is 1. The van der Waals surface area contributed by atoms with Crippen molar-refractivity contribution in [3.63, 3.8) is 0 Å². The number of rotatable bonds is 2. The minimum absolute atomic E-state index is 0.286. The van der Waals surface area contributed by atoms with E-state index in [4.69, 9.17) is 9.84 Å². The molecule has 18 heavy (non-hydrogen) atoms. The van der Waals surface area contributed by atoms with Gasteiger partial charge < -0.3 is 14.7 Å². The Kier molecular flexibility index (Phi) is 4.31. The second-order valence-corrected chi connectivity index (χ2v) is 4.89. The van der Waals surface area contributed by atoms with Crippen LogP contribution in [0.3, 0.4) is 0 Å². The highest BCUT2D eigenvalue weighted by Gasteiger charge is 2.25. The predicted octanol–water partition coefficient (Wildman–Crippen LogP) is 1.48. The number of hydrogen-bond acceptors (Lipinski definition) is 3. The smallest absolute Gasteiger partial charge is 0.248 e. The lowest BCUT2D eigenvalue weighted by atomic mass is 10.1. The fourth-order valence-corrected chi connectivity index (χ4v) is 2.29. The van der Waals surface area contributed by atoms with Crippen molar-refractivity contribution in [1.29, 1.82) is 0 Å². The number of benzene rings is 1. The zero-order chi connectivity index (χ0) is 13.1. The van der Waals surface area contributed by atoms with Crippen molar-refractivity contribution in [3.8, 4) is 0 Å². The van der Waals surface area contributed by atoms with E-state index in [1.165, 1.54) is 6.07 Å². The van der Waals surface area contributed by atoms with E-state index in [0.29, 0.717) is 24.2 Å². The Bertz CT molecular complexity index is 455. The molecule has 2 rings (SSSR count). The topological polar surface area (TPSA) is 49.8 Å². The van der Waals surface area contributed by atoms with Gasteiger partial charge in [0.1, 0.15) is 18.5 Å². The van der Waals surface area contributed by atoms with E-state index in [1.54, 1.807) is 17.0 Å². The van der Waals surface area contributed by atoms with Gasteiger partial charge in [-0.25, -0.2) is 4.39 Å². The Hall–Kier alpha value is -0.980. The van der Waals surface area contributed by atoms with Gasteiger partial charge >= 0.3 is 0 Å². The quantitative estimate of drug-likeness (QED) is 0.899.